The Hall–Kier alpha value is 1.38. The normalized spacial score (nSPS) is 12.9. The fourth-order valence-corrected chi connectivity index (χ4v) is 49.7. The SMILES string of the molecule is C[Si](C)(C)C(c1cc(C([Si](C)(C)C)[Si](C)(C)C)c(B([Se-])[Se][Se-])c(C([Si](C)(C)C)[Si](C)(C)C)c1)[Si](C)(C)C.[Sn+2].[c]1ccccc1.[c]1ccccc1. The molecule has 0 bridgehead atoms. The molecule has 0 spiro atoms. The first-order chi connectivity index (χ1) is 22.1. The smallest absolute Gasteiger partial charge is 0.0622 e. The average molecular weight is 1070 g/mol. The van der Waals surface area contributed by atoms with E-state index < -0.39 is 48.4 Å². The summed E-state index contributed by atoms with van der Waals surface area (Å²) in [5, 5.41) is 2.34. The largest absolute Gasteiger partial charge is 2.00 e. The van der Waals surface area contributed by atoms with Crippen molar-refractivity contribution >= 4 is 125 Å². The Bertz CT molecular complexity index is 1210. The molecular weight excluding hydrogens is 1000 g/mol. The molecule has 0 saturated heterocycles. The molecule has 0 unspecified atom stereocenters. The molecule has 0 aliphatic rings. The minimum atomic E-state index is -1.46. The molecule has 3 aromatic carbocycles. The van der Waals surface area contributed by atoms with Crippen LogP contribution in [0.4, 0.5) is 0 Å². The fraction of sp³-hybridized carbons (Fsp3) is 0.538. The van der Waals surface area contributed by atoms with Crippen LogP contribution in [0.1, 0.15) is 32.2 Å². The zero-order valence-electron chi connectivity index (χ0n) is 35.0. The van der Waals surface area contributed by atoms with Crippen LogP contribution in [0.25, 0.3) is 0 Å². The second kappa shape index (κ2) is 21.1. The van der Waals surface area contributed by atoms with Crippen LogP contribution in [0.5, 0.6) is 0 Å². The number of hydrogen-bond donors (Lipinski definition) is 0. The van der Waals surface area contributed by atoms with Crippen LogP contribution in [0.2, 0.25) is 118 Å². The monoisotopic (exact) mass is 1080 g/mol. The second-order valence-corrected chi connectivity index (χ2v) is 59.8. The van der Waals surface area contributed by atoms with Gasteiger partial charge in [0.2, 0.25) is 0 Å². The van der Waals surface area contributed by atoms with Crippen LogP contribution in [0.15, 0.2) is 72.8 Å². The van der Waals surface area contributed by atoms with Crippen molar-refractivity contribution in [1.82, 2.24) is 0 Å². The molecule has 0 nitrogen and oxygen atoms in total. The summed E-state index contributed by atoms with van der Waals surface area (Å²) in [6.07, 6.45) is 0. The molecule has 0 N–H and O–H groups in total. The summed E-state index contributed by atoms with van der Waals surface area (Å²) in [6.45, 7) is 47.8. The molecule has 0 aliphatic heterocycles. The van der Waals surface area contributed by atoms with Crippen molar-refractivity contribution in [2.45, 2.75) is 133 Å². The van der Waals surface area contributed by atoms with Crippen molar-refractivity contribution in [1.29, 1.82) is 0 Å². The third-order valence-corrected chi connectivity index (χ3v) is 44.6. The molecule has 274 valence electrons. The Balaban J connectivity index is 0.00000153. The molecule has 3 rings (SSSR count). The molecule has 50 heavy (non-hydrogen) atoms. The van der Waals surface area contributed by atoms with E-state index in [2.05, 4.69) is 172 Å². The van der Waals surface area contributed by atoms with Crippen molar-refractivity contribution in [3.8, 4) is 0 Å². The van der Waals surface area contributed by atoms with Gasteiger partial charge in [-0.3, -0.25) is 0 Å². The van der Waals surface area contributed by atoms with Gasteiger partial charge in [-0.2, -0.15) is 0 Å². The van der Waals surface area contributed by atoms with Gasteiger partial charge in [0, 0.05) is 0 Å². The Morgan fingerprint density at radius 1 is 0.480 bits per heavy atom. The number of benzene rings is 3. The van der Waals surface area contributed by atoms with Crippen LogP contribution in [0, 0.1) is 12.1 Å². The minimum Gasteiger partial charge on any atom is -0.0622 e. The number of rotatable bonds is 11. The summed E-state index contributed by atoms with van der Waals surface area (Å²) in [7, 11) is -8.68. The maximum absolute atomic E-state index is 3.72. The van der Waals surface area contributed by atoms with Gasteiger partial charge in [0.25, 0.3) is 0 Å². The van der Waals surface area contributed by atoms with Crippen LogP contribution in [-0.2, 0) is 0 Å². The zero-order valence-corrected chi connectivity index (χ0v) is 49.0. The van der Waals surface area contributed by atoms with Crippen LogP contribution in [0.3, 0.4) is 0 Å². The van der Waals surface area contributed by atoms with Crippen LogP contribution < -0.4 is 5.46 Å². The van der Waals surface area contributed by atoms with Gasteiger partial charge < -0.3 is 0 Å². The fourth-order valence-electron chi connectivity index (χ4n) is 9.13. The van der Waals surface area contributed by atoms with Gasteiger partial charge in [-0.1, -0.05) is 60.7 Å². The Kier molecular flexibility index (Phi) is 21.6. The Morgan fingerprint density at radius 2 is 0.740 bits per heavy atom. The van der Waals surface area contributed by atoms with Gasteiger partial charge >= 0.3 is 287 Å². The minimum absolute atomic E-state index is 0. The van der Waals surface area contributed by atoms with E-state index in [-0.39, 0.29) is 23.9 Å². The summed E-state index contributed by atoms with van der Waals surface area (Å²) in [4.78, 5) is 0. The van der Waals surface area contributed by atoms with E-state index >= 15 is 0 Å². The van der Waals surface area contributed by atoms with Gasteiger partial charge in [0.05, 0.1) is 0 Å². The third kappa shape index (κ3) is 16.6. The summed E-state index contributed by atoms with van der Waals surface area (Å²) in [5.74, 6) is 0. The maximum Gasteiger partial charge on any atom is 2.00 e. The Morgan fingerprint density at radius 3 is 0.900 bits per heavy atom. The predicted octanol–water partition coefficient (Wildman–Crippen LogP) is 10.4. The van der Waals surface area contributed by atoms with Crippen LogP contribution >= 0.6 is 0 Å². The van der Waals surface area contributed by atoms with Crippen molar-refractivity contribution in [2.75, 3.05) is 0 Å². The molecule has 0 fully saturated rings. The molecule has 11 heteroatoms. The van der Waals surface area contributed by atoms with E-state index in [9.17, 15) is 0 Å². The van der Waals surface area contributed by atoms with Crippen molar-refractivity contribution < 1.29 is 0 Å². The topological polar surface area (TPSA) is 0 Å². The van der Waals surface area contributed by atoms with Gasteiger partial charge in [-0.25, -0.2) is 0 Å². The number of hydrogen-bond acceptors (Lipinski definition) is 0. The second-order valence-electron chi connectivity index (χ2n) is 20.2. The first kappa shape index (κ1) is 51.4. The van der Waals surface area contributed by atoms with Gasteiger partial charge in [-0.15, -0.1) is 0 Å². The Labute approximate surface area is 356 Å². The molecule has 0 aliphatic carbocycles. The van der Waals surface area contributed by atoms with E-state index in [4.69, 9.17) is 0 Å². The third-order valence-electron chi connectivity index (χ3n) is 8.96. The molecule has 0 atom stereocenters. The van der Waals surface area contributed by atoms with E-state index in [0.717, 1.165) is 15.5 Å². The standard InChI is InChI=1S/C27H60BSe3Si6.2C6H5.Sn/c1-32(2,3)25(33(4,5)6)21-19-22(26(34(7,8)9)35(10,11)12)24(28(29)31-30)23(20-21)27(36(13,14)15)37(16,17)18;2*1-2-4-6-5-3-1;/h19-20,25-27,30H,1-18H3;2*1-5H;/q-1;;;+2/p-1. The van der Waals surface area contributed by atoms with Gasteiger partial charge in [0.15, 0.2) is 0 Å². The zero-order chi connectivity index (χ0) is 38.2. The molecular formula is C39H69BSe3Si6Sn. The van der Waals surface area contributed by atoms with E-state index in [1.807, 2.05) is 60.7 Å². The van der Waals surface area contributed by atoms with Gasteiger partial charge in [0.1, 0.15) is 0 Å². The maximum atomic E-state index is 3.72. The van der Waals surface area contributed by atoms with Crippen molar-refractivity contribution in [3.63, 3.8) is 0 Å². The summed E-state index contributed by atoms with van der Waals surface area (Å²) >= 11 is 7.67. The van der Waals surface area contributed by atoms with E-state index in [0.29, 0.717) is 17.3 Å². The summed E-state index contributed by atoms with van der Waals surface area (Å²) in [6, 6.07) is 30.7. The quantitative estimate of drug-likeness (QED) is 0.168. The first-order valence-corrected chi connectivity index (χ1v) is 45.8. The van der Waals surface area contributed by atoms with E-state index in [1.165, 1.54) is 0 Å². The van der Waals surface area contributed by atoms with Crippen molar-refractivity contribution in [2.24, 2.45) is 0 Å². The predicted molar refractivity (Wildman–Crippen MR) is 254 cm³/mol. The molecule has 3 aromatic rings. The van der Waals surface area contributed by atoms with E-state index in [1.54, 1.807) is 22.2 Å². The molecule has 0 aromatic heterocycles. The first-order valence-electron chi connectivity index (χ1n) is 18.0. The average Bonchev–Trinajstić information content (AvgIpc) is 2.90. The van der Waals surface area contributed by atoms with Crippen LogP contribution in [-0.4, -0.2) is 120 Å². The molecule has 0 amide bonds. The van der Waals surface area contributed by atoms with Gasteiger partial charge in [-0.05, 0) is 12.1 Å². The molecule has 0 heterocycles. The van der Waals surface area contributed by atoms with Crippen molar-refractivity contribution in [3.05, 3.63) is 102 Å². The molecule has 4 radical (unpaired) electrons. The summed E-state index contributed by atoms with van der Waals surface area (Å²) in [5.41, 5.74) is 7.11. The summed E-state index contributed by atoms with van der Waals surface area (Å²) < 4.78 is 0.522. The molecule has 0 saturated carbocycles.